The van der Waals surface area contributed by atoms with Crippen molar-refractivity contribution in [1.82, 2.24) is 5.01 Å². The van der Waals surface area contributed by atoms with Gasteiger partial charge in [0.2, 0.25) is 0 Å². The molecule has 0 saturated heterocycles. The van der Waals surface area contributed by atoms with Crippen molar-refractivity contribution in [3.63, 3.8) is 0 Å². The number of benzene rings is 2. The first kappa shape index (κ1) is 18.6. The predicted molar refractivity (Wildman–Crippen MR) is 86.6 cm³/mol. The van der Waals surface area contributed by atoms with E-state index in [1.807, 2.05) is 6.07 Å². The average Bonchev–Trinajstić information content (AvgIpc) is 2.59. The van der Waals surface area contributed by atoms with Crippen LogP contribution in [0.15, 0.2) is 54.6 Å². The number of ether oxygens (including phenoxy) is 1. The van der Waals surface area contributed by atoms with Crippen molar-refractivity contribution in [3.05, 3.63) is 71.3 Å². The van der Waals surface area contributed by atoms with Crippen LogP contribution in [0, 0.1) is 0 Å². The van der Waals surface area contributed by atoms with Crippen molar-refractivity contribution >= 4 is 11.9 Å². The van der Waals surface area contributed by atoms with Gasteiger partial charge in [-0.1, -0.05) is 54.6 Å². The molecule has 1 atom stereocenters. The lowest BCUT2D eigenvalue weighted by molar-refractivity contribution is -0.580. The molecule has 3 rings (SSSR count). The maximum absolute atomic E-state index is 9.04. The normalized spacial score (nSPS) is 17.2. The van der Waals surface area contributed by atoms with Crippen molar-refractivity contribution < 1.29 is 30.4 Å². The Kier molecular flexibility index (Phi) is 6.64. The molecule has 1 unspecified atom stereocenters. The van der Waals surface area contributed by atoms with E-state index in [9.17, 15) is 0 Å². The summed E-state index contributed by atoms with van der Waals surface area (Å²) in [4.78, 5) is 18.0. The zero-order chi connectivity index (χ0) is 18.2. The van der Waals surface area contributed by atoms with Crippen LogP contribution in [0.2, 0.25) is 0 Å². The molecule has 1 aliphatic rings. The number of fused-ring (bicyclic) bond motifs is 1. The van der Waals surface area contributed by atoms with E-state index >= 15 is 0 Å². The Hall–Kier alpha value is -2.74. The van der Waals surface area contributed by atoms with E-state index < -0.39 is 11.9 Å². The summed E-state index contributed by atoms with van der Waals surface area (Å²) in [6.45, 7) is 2.44. The van der Waals surface area contributed by atoms with Crippen LogP contribution < -0.4 is 10.9 Å². The Labute approximate surface area is 145 Å². The number of hydrogen-bond acceptors (Lipinski definition) is 5. The molecule has 7 nitrogen and oxygen atoms in total. The molecule has 0 spiro atoms. The molecule has 4 N–H and O–H groups in total. The molecule has 7 heteroatoms. The minimum atomic E-state index is -2.07. The molecule has 1 aliphatic heterocycles. The first-order valence-electron chi connectivity index (χ1n) is 7.73. The summed E-state index contributed by atoms with van der Waals surface area (Å²) >= 11 is 0. The second-order valence-corrected chi connectivity index (χ2v) is 5.51. The molecule has 2 aromatic rings. The first-order chi connectivity index (χ1) is 12.0. The smallest absolute Gasteiger partial charge is 0.351 e. The lowest BCUT2D eigenvalue weighted by Gasteiger charge is -2.26. The molecular formula is C18H20N2O5. The topological polar surface area (TPSA) is 118 Å². The Bertz CT molecular complexity index is 708. The molecule has 2 aromatic carbocycles. The van der Waals surface area contributed by atoms with Crippen molar-refractivity contribution in [2.75, 3.05) is 13.2 Å². The number of aliphatic carboxylic acids is 2. The highest BCUT2D eigenvalue weighted by atomic mass is 16.5. The van der Waals surface area contributed by atoms with E-state index in [0.29, 0.717) is 6.61 Å². The minimum absolute atomic E-state index is 0.0334. The first-order valence-corrected chi connectivity index (χ1v) is 7.73. The number of carbonyl (C=O) groups is 2. The van der Waals surface area contributed by atoms with Crippen molar-refractivity contribution in [2.24, 2.45) is 0 Å². The number of carboxylic acid groups (broad SMARTS) is 2. The summed E-state index contributed by atoms with van der Waals surface area (Å²) in [5, 5.41) is 18.4. The van der Waals surface area contributed by atoms with Gasteiger partial charge in [-0.05, 0) is 16.7 Å². The molecule has 0 aliphatic carbocycles. The number of hydrogen-bond donors (Lipinski definition) is 2. The fourth-order valence-electron chi connectivity index (χ4n) is 2.55. The summed E-state index contributed by atoms with van der Waals surface area (Å²) in [5.74, 6) is 0.0399. The van der Waals surface area contributed by atoms with Gasteiger partial charge in [0.25, 0.3) is 0 Å². The van der Waals surface area contributed by atoms with Crippen LogP contribution in [0.25, 0.3) is 0 Å². The van der Waals surface area contributed by atoms with Crippen LogP contribution in [0.5, 0.6) is 0 Å². The summed E-state index contributed by atoms with van der Waals surface area (Å²) in [5.41, 5.74) is 3.76. The Morgan fingerprint density at radius 3 is 2.36 bits per heavy atom. The molecule has 0 bridgehead atoms. The van der Waals surface area contributed by atoms with E-state index in [0.717, 1.165) is 13.1 Å². The standard InChI is InChI=1S/C16H18N2O.C2H2O4/c17-18-10-11-19-16(13-6-2-1-3-7-13)15-9-5-4-8-14(15)12-18;3-1(4)2(5)6/h1-9,16H,10-12,17H2;(H,3,4)(H,5,6). The highest BCUT2D eigenvalue weighted by Crippen LogP contribution is 2.30. The summed E-state index contributed by atoms with van der Waals surface area (Å²) in [6, 6.07) is 18.9. The third-order valence-electron chi connectivity index (χ3n) is 3.70. The molecular weight excluding hydrogens is 324 g/mol. The van der Waals surface area contributed by atoms with Crippen LogP contribution in [0.4, 0.5) is 0 Å². The van der Waals surface area contributed by atoms with Crippen LogP contribution >= 0.6 is 0 Å². The van der Waals surface area contributed by atoms with E-state index in [4.69, 9.17) is 24.5 Å². The quantitative estimate of drug-likeness (QED) is 0.679. The molecule has 0 amide bonds. The predicted octanol–water partition coefficient (Wildman–Crippen LogP) is -0.414. The van der Waals surface area contributed by atoms with Gasteiger partial charge in [-0.15, -0.1) is 0 Å². The largest absolute Gasteiger partial charge is 0.539 e. The van der Waals surface area contributed by atoms with Crippen LogP contribution in [0.1, 0.15) is 22.8 Å². The Balaban J connectivity index is 0.000000326. The molecule has 132 valence electrons. The third-order valence-corrected chi connectivity index (χ3v) is 3.70. The maximum Gasteiger partial charge on any atom is 0.351 e. The SMILES string of the molecule is O=C([O-])C(=O)O.[NH3+]N1CCOC(c2ccccc2)c2ccccc2C1. The van der Waals surface area contributed by atoms with Gasteiger partial charge in [0.15, 0.2) is 5.97 Å². The highest BCUT2D eigenvalue weighted by molar-refractivity contribution is 6.26. The summed E-state index contributed by atoms with van der Waals surface area (Å²) < 4.78 is 6.08. The fourth-order valence-corrected chi connectivity index (χ4v) is 2.55. The van der Waals surface area contributed by atoms with E-state index in [-0.39, 0.29) is 6.10 Å². The number of quaternary nitrogens is 1. The lowest BCUT2D eigenvalue weighted by Crippen LogP contribution is -2.67. The second-order valence-electron chi connectivity index (χ2n) is 5.51. The Morgan fingerprint density at radius 1 is 1.12 bits per heavy atom. The van der Waals surface area contributed by atoms with Gasteiger partial charge < -0.3 is 19.7 Å². The lowest BCUT2D eigenvalue weighted by atomic mass is 9.96. The number of carbonyl (C=O) groups excluding carboxylic acids is 1. The van der Waals surface area contributed by atoms with Crippen molar-refractivity contribution in [2.45, 2.75) is 12.6 Å². The van der Waals surface area contributed by atoms with E-state index in [2.05, 4.69) is 59.4 Å². The Morgan fingerprint density at radius 2 is 1.72 bits per heavy atom. The van der Waals surface area contributed by atoms with Gasteiger partial charge in [-0.2, -0.15) is 5.01 Å². The van der Waals surface area contributed by atoms with Gasteiger partial charge in [0, 0.05) is 0 Å². The highest BCUT2D eigenvalue weighted by Gasteiger charge is 2.21. The molecule has 0 aromatic heterocycles. The summed E-state index contributed by atoms with van der Waals surface area (Å²) in [7, 11) is 0. The zero-order valence-corrected chi connectivity index (χ0v) is 13.6. The van der Waals surface area contributed by atoms with Gasteiger partial charge in [0.05, 0.1) is 19.7 Å². The monoisotopic (exact) mass is 344 g/mol. The minimum Gasteiger partial charge on any atom is -0.539 e. The maximum atomic E-state index is 9.04. The van der Waals surface area contributed by atoms with Gasteiger partial charge in [0.1, 0.15) is 6.10 Å². The molecule has 0 saturated carbocycles. The molecule has 25 heavy (non-hydrogen) atoms. The van der Waals surface area contributed by atoms with Crippen LogP contribution in [-0.4, -0.2) is 35.2 Å². The third kappa shape index (κ3) is 5.39. The number of carboxylic acids is 2. The van der Waals surface area contributed by atoms with Crippen LogP contribution in [0.3, 0.4) is 0 Å². The fraction of sp³-hybridized carbons (Fsp3) is 0.222. The molecule has 0 radical (unpaired) electrons. The van der Waals surface area contributed by atoms with E-state index in [1.165, 1.54) is 16.7 Å². The molecule has 0 fully saturated rings. The average molecular weight is 344 g/mol. The van der Waals surface area contributed by atoms with Crippen LogP contribution in [-0.2, 0) is 20.9 Å². The van der Waals surface area contributed by atoms with Gasteiger partial charge >= 0.3 is 5.97 Å². The van der Waals surface area contributed by atoms with Crippen molar-refractivity contribution in [1.29, 1.82) is 0 Å². The van der Waals surface area contributed by atoms with Crippen molar-refractivity contribution in [3.8, 4) is 0 Å². The number of nitrogens with zero attached hydrogens (tertiary/aromatic N) is 1. The van der Waals surface area contributed by atoms with E-state index in [1.54, 1.807) is 0 Å². The van der Waals surface area contributed by atoms with Gasteiger partial charge in [-0.3, -0.25) is 5.84 Å². The molecule has 1 heterocycles. The summed E-state index contributed by atoms with van der Waals surface area (Å²) in [6.07, 6.45) is 0.0334. The zero-order valence-electron chi connectivity index (χ0n) is 13.6. The number of rotatable bonds is 1. The second kappa shape index (κ2) is 8.93. The van der Waals surface area contributed by atoms with Gasteiger partial charge in [-0.25, -0.2) is 4.79 Å².